The maximum absolute atomic E-state index is 12.4. The summed E-state index contributed by atoms with van der Waals surface area (Å²) in [7, 11) is 3.62. The van der Waals surface area contributed by atoms with Gasteiger partial charge in [-0.3, -0.25) is 4.79 Å². The summed E-state index contributed by atoms with van der Waals surface area (Å²) in [4.78, 5) is 12.4. The van der Waals surface area contributed by atoms with Gasteiger partial charge < -0.3 is 20.9 Å². The van der Waals surface area contributed by atoms with Gasteiger partial charge in [-0.05, 0) is 73.5 Å². The van der Waals surface area contributed by atoms with Gasteiger partial charge in [0.25, 0.3) is 0 Å². The first-order chi connectivity index (χ1) is 13.5. The van der Waals surface area contributed by atoms with E-state index in [0.29, 0.717) is 12.5 Å². The molecule has 0 saturated heterocycles. The zero-order valence-electron chi connectivity index (χ0n) is 17.1. The van der Waals surface area contributed by atoms with Crippen molar-refractivity contribution in [2.75, 3.05) is 14.2 Å². The number of hydrogen-bond donors (Lipinski definition) is 3. The first-order valence-corrected chi connectivity index (χ1v) is 9.85. The molecule has 3 rings (SSSR count). The summed E-state index contributed by atoms with van der Waals surface area (Å²) >= 11 is 0. The molecule has 1 aliphatic rings. The van der Waals surface area contributed by atoms with Gasteiger partial charge in [-0.25, -0.2) is 0 Å². The Kier molecular flexibility index (Phi) is 8.08. The number of carbonyl (C=O) groups excluding carboxylic acids is 1. The van der Waals surface area contributed by atoms with Crippen molar-refractivity contribution in [2.24, 2.45) is 11.1 Å². The minimum Gasteiger partial charge on any atom is -0.496 e. The molecule has 0 radical (unpaired) electrons. The lowest BCUT2D eigenvalue weighted by molar-refractivity contribution is -0.129. The molecule has 0 bridgehead atoms. The molecular weight excluding hydrogens is 388 g/mol. The van der Waals surface area contributed by atoms with E-state index in [0.717, 1.165) is 53.7 Å². The van der Waals surface area contributed by atoms with Crippen molar-refractivity contribution in [1.82, 2.24) is 5.32 Å². The van der Waals surface area contributed by atoms with Crippen LogP contribution in [0.2, 0.25) is 0 Å². The first-order valence-electron chi connectivity index (χ1n) is 9.85. The summed E-state index contributed by atoms with van der Waals surface area (Å²) in [6.45, 7) is 0.0306. The van der Waals surface area contributed by atoms with Gasteiger partial charge in [-0.15, -0.1) is 12.4 Å². The molecule has 1 saturated carbocycles. The fraction of sp³-hybridized carbons (Fsp3) is 0.435. The van der Waals surface area contributed by atoms with Gasteiger partial charge in [0.2, 0.25) is 5.91 Å². The third-order valence-electron chi connectivity index (χ3n) is 6.15. The summed E-state index contributed by atoms with van der Waals surface area (Å²) in [5.74, 6) is 0.564. The Bertz CT molecular complexity index is 815. The van der Waals surface area contributed by atoms with Crippen LogP contribution >= 0.6 is 12.4 Å². The molecule has 2 aromatic carbocycles. The van der Waals surface area contributed by atoms with Crippen LogP contribution in [-0.4, -0.2) is 31.2 Å². The van der Waals surface area contributed by atoms with Gasteiger partial charge >= 0.3 is 0 Å². The number of nitrogens with one attached hydrogen (secondary N) is 1. The Labute approximate surface area is 179 Å². The predicted octanol–water partition coefficient (Wildman–Crippen LogP) is 3.45. The number of halogens is 1. The quantitative estimate of drug-likeness (QED) is 0.642. The summed E-state index contributed by atoms with van der Waals surface area (Å²) in [5.41, 5.74) is 9.37. The van der Waals surface area contributed by atoms with E-state index >= 15 is 0 Å². The number of methoxy groups -OCH3 is 1. The van der Waals surface area contributed by atoms with Crippen molar-refractivity contribution in [1.29, 1.82) is 0 Å². The van der Waals surface area contributed by atoms with E-state index in [1.165, 1.54) is 0 Å². The Morgan fingerprint density at radius 3 is 2.31 bits per heavy atom. The van der Waals surface area contributed by atoms with Crippen molar-refractivity contribution in [2.45, 2.75) is 44.8 Å². The normalized spacial score (nSPS) is 21.3. The van der Waals surface area contributed by atoms with Gasteiger partial charge in [0.15, 0.2) is 0 Å². The maximum Gasteiger partial charge on any atom is 0.223 e. The van der Waals surface area contributed by atoms with Crippen LogP contribution in [0.15, 0.2) is 42.5 Å². The number of aliphatic hydroxyl groups excluding tert-OH is 1. The van der Waals surface area contributed by atoms with Crippen molar-refractivity contribution < 1.29 is 14.6 Å². The van der Waals surface area contributed by atoms with Gasteiger partial charge in [0, 0.05) is 6.04 Å². The molecule has 0 heterocycles. The second kappa shape index (κ2) is 10.1. The minimum atomic E-state index is -0.528. The molecule has 0 atom stereocenters. The Hall–Kier alpha value is -2.08. The SMILES string of the molecule is CNC1CCC(Cc2cc(-c3ccc(CO)cc3)ccc2OC)(C(N)=O)CC1.Cl. The third kappa shape index (κ3) is 5.10. The lowest BCUT2D eigenvalue weighted by Gasteiger charge is -2.38. The average Bonchev–Trinajstić information content (AvgIpc) is 2.74. The fourth-order valence-electron chi connectivity index (χ4n) is 4.23. The lowest BCUT2D eigenvalue weighted by atomic mass is 9.68. The molecule has 5 nitrogen and oxygen atoms in total. The molecule has 0 aromatic heterocycles. The van der Waals surface area contributed by atoms with Crippen LogP contribution in [0.5, 0.6) is 5.75 Å². The van der Waals surface area contributed by atoms with Crippen molar-refractivity contribution in [3.05, 3.63) is 53.6 Å². The van der Waals surface area contributed by atoms with Crippen LogP contribution in [0.4, 0.5) is 0 Å². The van der Waals surface area contributed by atoms with Crippen molar-refractivity contribution in [3.63, 3.8) is 0 Å². The molecule has 1 fully saturated rings. The van der Waals surface area contributed by atoms with E-state index in [4.69, 9.17) is 10.5 Å². The van der Waals surface area contributed by atoms with E-state index in [2.05, 4.69) is 11.4 Å². The van der Waals surface area contributed by atoms with Gasteiger partial charge in [0.05, 0.1) is 19.1 Å². The number of rotatable bonds is 7. The first kappa shape index (κ1) is 23.2. The zero-order valence-corrected chi connectivity index (χ0v) is 17.9. The van der Waals surface area contributed by atoms with Gasteiger partial charge in [-0.2, -0.15) is 0 Å². The van der Waals surface area contributed by atoms with Crippen molar-refractivity contribution >= 4 is 18.3 Å². The number of amides is 1. The molecule has 158 valence electrons. The molecule has 0 spiro atoms. The van der Waals surface area contributed by atoms with E-state index < -0.39 is 5.41 Å². The van der Waals surface area contributed by atoms with Gasteiger partial charge in [-0.1, -0.05) is 30.3 Å². The summed E-state index contributed by atoms with van der Waals surface area (Å²) in [6.07, 6.45) is 4.05. The number of aliphatic hydroxyl groups is 1. The van der Waals surface area contributed by atoms with Crippen LogP contribution in [0, 0.1) is 5.41 Å². The van der Waals surface area contributed by atoms with E-state index in [9.17, 15) is 9.90 Å². The fourth-order valence-corrected chi connectivity index (χ4v) is 4.23. The van der Waals surface area contributed by atoms with Crippen LogP contribution < -0.4 is 15.8 Å². The molecule has 0 aliphatic heterocycles. The highest BCUT2D eigenvalue weighted by atomic mass is 35.5. The standard InChI is InChI=1S/C23H30N2O3.ClH/c1-25-20-9-11-23(12-10-20,22(24)27)14-19-13-18(7-8-21(19)28-2)17-5-3-16(15-26)4-6-17;/h3-8,13,20,25-26H,9-12,14-15H2,1-2H3,(H2,24,27);1H. The molecule has 6 heteroatoms. The smallest absolute Gasteiger partial charge is 0.223 e. The highest BCUT2D eigenvalue weighted by molar-refractivity contribution is 5.85. The molecule has 0 unspecified atom stereocenters. The molecular formula is C23H31ClN2O3. The van der Waals surface area contributed by atoms with Crippen LogP contribution in [0.3, 0.4) is 0 Å². The molecule has 29 heavy (non-hydrogen) atoms. The third-order valence-corrected chi connectivity index (χ3v) is 6.15. The molecule has 2 aromatic rings. The number of benzene rings is 2. The van der Waals surface area contributed by atoms with Crippen LogP contribution in [0.25, 0.3) is 11.1 Å². The Balaban J connectivity index is 0.00000300. The Morgan fingerprint density at radius 1 is 1.17 bits per heavy atom. The average molecular weight is 419 g/mol. The summed E-state index contributed by atoms with van der Waals surface area (Å²) in [6, 6.07) is 14.4. The number of primary amides is 1. The van der Waals surface area contributed by atoms with Crippen LogP contribution in [-0.2, 0) is 17.8 Å². The lowest BCUT2D eigenvalue weighted by Crippen LogP contribution is -2.45. The number of ether oxygens (including phenoxy) is 1. The molecule has 1 amide bonds. The predicted molar refractivity (Wildman–Crippen MR) is 118 cm³/mol. The highest BCUT2D eigenvalue weighted by Crippen LogP contribution is 2.41. The largest absolute Gasteiger partial charge is 0.496 e. The second-order valence-corrected chi connectivity index (χ2v) is 7.77. The summed E-state index contributed by atoms with van der Waals surface area (Å²) in [5, 5.41) is 12.6. The van der Waals surface area contributed by atoms with E-state index in [-0.39, 0.29) is 24.9 Å². The monoisotopic (exact) mass is 418 g/mol. The Morgan fingerprint density at radius 2 is 1.79 bits per heavy atom. The number of carbonyl (C=O) groups is 1. The number of nitrogens with two attached hydrogens (primary N) is 1. The van der Waals surface area contributed by atoms with Gasteiger partial charge in [0.1, 0.15) is 5.75 Å². The second-order valence-electron chi connectivity index (χ2n) is 7.77. The highest BCUT2D eigenvalue weighted by Gasteiger charge is 2.40. The summed E-state index contributed by atoms with van der Waals surface area (Å²) < 4.78 is 5.58. The number of hydrogen-bond acceptors (Lipinski definition) is 4. The van der Waals surface area contributed by atoms with E-state index in [1.807, 2.05) is 43.4 Å². The van der Waals surface area contributed by atoms with Crippen molar-refractivity contribution in [3.8, 4) is 16.9 Å². The zero-order chi connectivity index (χ0) is 20.1. The van der Waals surface area contributed by atoms with E-state index in [1.54, 1.807) is 7.11 Å². The topological polar surface area (TPSA) is 84.6 Å². The minimum absolute atomic E-state index is 0. The van der Waals surface area contributed by atoms with Crippen LogP contribution in [0.1, 0.15) is 36.8 Å². The maximum atomic E-state index is 12.4. The molecule has 4 N–H and O–H groups in total. The molecule has 1 aliphatic carbocycles.